The number of sulfonamides is 1. The minimum atomic E-state index is -4.09. The highest BCUT2D eigenvalue weighted by Gasteiger charge is 2.26. The molecule has 0 saturated carbocycles. The van der Waals surface area contributed by atoms with Crippen LogP contribution in [0.3, 0.4) is 0 Å². The minimum absolute atomic E-state index is 0.0936. The molecule has 0 bridgehead atoms. The number of nitrogens with one attached hydrogen (secondary N) is 4. The van der Waals surface area contributed by atoms with E-state index in [1.165, 1.54) is 30.3 Å². The monoisotopic (exact) mass is 480 g/mol. The van der Waals surface area contributed by atoms with E-state index in [0.717, 1.165) is 19.0 Å². The summed E-state index contributed by atoms with van der Waals surface area (Å²) in [5.41, 5.74) is 0. The van der Waals surface area contributed by atoms with Gasteiger partial charge in [-0.2, -0.15) is 4.72 Å². The van der Waals surface area contributed by atoms with Crippen LogP contribution in [0.4, 0.5) is 0 Å². The van der Waals surface area contributed by atoms with E-state index in [9.17, 15) is 23.1 Å². The molecule has 0 saturated heterocycles. The maximum atomic E-state index is 12.3. The van der Waals surface area contributed by atoms with E-state index in [1.54, 1.807) is 6.07 Å². The molecule has 1 aromatic carbocycles. The van der Waals surface area contributed by atoms with Crippen LogP contribution in [-0.2, 0) is 14.8 Å². The molecule has 0 fully saturated rings. The summed E-state index contributed by atoms with van der Waals surface area (Å²) in [7, 11) is -4.09. The number of guanidine groups is 1. The first kappa shape index (κ1) is 24.0. The van der Waals surface area contributed by atoms with Gasteiger partial charge in [0.25, 0.3) is 11.8 Å². The van der Waals surface area contributed by atoms with Gasteiger partial charge in [-0.25, -0.2) is 8.42 Å². The Labute approximate surface area is 189 Å². The van der Waals surface area contributed by atoms with Crippen molar-refractivity contribution in [2.75, 3.05) is 32.8 Å². The molecule has 1 unspecified atom stereocenters. The molecule has 33 heavy (non-hydrogen) atoms. The van der Waals surface area contributed by atoms with Gasteiger partial charge in [0.1, 0.15) is 6.04 Å². The zero-order chi connectivity index (χ0) is 23.7. The number of carbonyl (C=O) groups excluding carboxylic acids is 1. The minimum Gasteiger partial charge on any atom is -0.480 e. The fraction of sp³-hybridized carbons (Fsp3) is 0.368. The highest BCUT2D eigenvalue weighted by atomic mass is 32.2. The van der Waals surface area contributed by atoms with Gasteiger partial charge in [0.2, 0.25) is 15.8 Å². The van der Waals surface area contributed by atoms with Crippen molar-refractivity contribution >= 4 is 27.9 Å². The van der Waals surface area contributed by atoms with Crippen molar-refractivity contribution in [1.29, 1.82) is 0 Å². The molecule has 13 nitrogen and oxygen atoms in total. The fourth-order valence-corrected chi connectivity index (χ4v) is 3.93. The Morgan fingerprint density at radius 1 is 1.27 bits per heavy atom. The lowest BCUT2D eigenvalue weighted by atomic mass is 10.3. The second kappa shape index (κ2) is 11.3. The topological polar surface area (TPSA) is 184 Å². The Kier molecular flexibility index (Phi) is 8.21. The van der Waals surface area contributed by atoms with Crippen LogP contribution in [0.1, 0.15) is 17.0 Å². The quantitative estimate of drug-likeness (QED) is 0.240. The molecule has 1 atom stereocenters. The lowest BCUT2D eigenvalue weighted by molar-refractivity contribution is -0.138. The maximum Gasteiger partial charge on any atom is 0.323 e. The standard InChI is InChI=1S/C19H24N6O7S/c26-17(15-11-16(24-32-15)31-10-4-7-20-19-21-8-9-22-19)23-12-14(18(27)28)25-33(29,30)13-5-2-1-3-6-13/h1-3,5-6,11,14,25H,4,7-10,12H2,(H,23,26)(H,27,28)(H2,20,21,22). The predicted molar refractivity (Wildman–Crippen MR) is 115 cm³/mol. The van der Waals surface area contributed by atoms with Gasteiger partial charge in [0.05, 0.1) is 24.1 Å². The van der Waals surface area contributed by atoms with Crippen molar-refractivity contribution < 1.29 is 32.4 Å². The number of aliphatic carboxylic acids is 1. The average Bonchev–Trinajstić information content (AvgIpc) is 3.49. The largest absolute Gasteiger partial charge is 0.480 e. The first-order valence-electron chi connectivity index (χ1n) is 10.1. The molecule has 2 aromatic rings. The zero-order valence-corrected chi connectivity index (χ0v) is 18.3. The molecular weight excluding hydrogens is 456 g/mol. The third-order valence-corrected chi connectivity index (χ3v) is 5.85. The molecule has 0 spiro atoms. The summed E-state index contributed by atoms with van der Waals surface area (Å²) in [5, 5.41) is 21.5. The summed E-state index contributed by atoms with van der Waals surface area (Å²) in [4.78, 5) is 27.8. The highest BCUT2D eigenvalue weighted by molar-refractivity contribution is 7.89. The molecule has 1 amide bonds. The summed E-state index contributed by atoms with van der Waals surface area (Å²) in [6, 6.07) is 6.96. The number of carbonyl (C=O) groups is 2. The highest BCUT2D eigenvalue weighted by Crippen LogP contribution is 2.12. The second-order valence-corrected chi connectivity index (χ2v) is 8.56. The van der Waals surface area contributed by atoms with Crippen LogP contribution < -0.4 is 25.4 Å². The molecule has 1 aliphatic rings. The number of amides is 1. The number of carboxylic acids is 1. The summed E-state index contributed by atoms with van der Waals surface area (Å²) < 4.78 is 37.0. The first-order valence-corrected chi connectivity index (χ1v) is 11.5. The van der Waals surface area contributed by atoms with Crippen molar-refractivity contribution in [3.8, 4) is 5.88 Å². The van der Waals surface area contributed by atoms with Crippen molar-refractivity contribution in [2.24, 2.45) is 4.99 Å². The molecule has 3 rings (SSSR count). The maximum absolute atomic E-state index is 12.3. The van der Waals surface area contributed by atoms with Gasteiger partial charge < -0.3 is 30.3 Å². The Hall–Kier alpha value is -3.65. The number of rotatable bonds is 12. The molecular formula is C19H24N6O7S. The summed E-state index contributed by atoms with van der Waals surface area (Å²) in [6.07, 6.45) is 0.650. The number of hydrogen-bond donors (Lipinski definition) is 5. The number of benzene rings is 1. The number of aromatic nitrogens is 1. The molecule has 0 radical (unpaired) electrons. The predicted octanol–water partition coefficient (Wildman–Crippen LogP) is -0.846. The summed E-state index contributed by atoms with van der Waals surface area (Å²) >= 11 is 0. The van der Waals surface area contributed by atoms with Crippen LogP contribution in [0.15, 0.2) is 50.8 Å². The van der Waals surface area contributed by atoms with Gasteiger partial charge in [-0.05, 0) is 23.7 Å². The van der Waals surface area contributed by atoms with Gasteiger partial charge in [-0.15, -0.1) is 0 Å². The van der Waals surface area contributed by atoms with Crippen LogP contribution in [0.5, 0.6) is 5.88 Å². The molecule has 0 aliphatic carbocycles. The van der Waals surface area contributed by atoms with Crippen molar-refractivity contribution in [3.63, 3.8) is 0 Å². The second-order valence-electron chi connectivity index (χ2n) is 6.85. The average molecular weight is 481 g/mol. The molecule has 178 valence electrons. The van der Waals surface area contributed by atoms with E-state index in [2.05, 4.69) is 26.1 Å². The van der Waals surface area contributed by atoms with Gasteiger partial charge in [-0.1, -0.05) is 18.2 Å². The van der Waals surface area contributed by atoms with Crippen LogP contribution in [0, 0.1) is 0 Å². The number of aliphatic imine (C=N–C) groups is 1. The molecule has 1 aromatic heterocycles. The Balaban J connectivity index is 1.45. The Morgan fingerprint density at radius 2 is 2.06 bits per heavy atom. The molecule has 1 aliphatic heterocycles. The zero-order valence-electron chi connectivity index (χ0n) is 17.5. The van der Waals surface area contributed by atoms with E-state index in [0.29, 0.717) is 19.6 Å². The molecule has 14 heteroatoms. The summed E-state index contributed by atoms with van der Waals surface area (Å²) in [5.74, 6) is -1.59. The normalized spacial score (nSPS) is 14.1. The third-order valence-electron chi connectivity index (χ3n) is 4.37. The van der Waals surface area contributed by atoms with Gasteiger partial charge >= 0.3 is 5.97 Å². The van der Waals surface area contributed by atoms with E-state index >= 15 is 0 Å². The van der Waals surface area contributed by atoms with Crippen molar-refractivity contribution in [1.82, 2.24) is 25.8 Å². The van der Waals surface area contributed by atoms with Crippen LogP contribution in [0.25, 0.3) is 0 Å². The molecule has 5 N–H and O–H groups in total. The smallest absolute Gasteiger partial charge is 0.323 e. The SMILES string of the molecule is O=C(NCC(NS(=O)(=O)c1ccccc1)C(=O)O)c1cc(OCCCNC2=NCCN2)no1. The fourth-order valence-electron chi connectivity index (χ4n) is 2.72. The van der Waals surface area contributed by atoms with E-state index in [1.807, 2.05) is 4.72 Å². The third kappa shape index (κ3) is 7.18. The number of hydrogen-bond acceptors (Lipinski definition) is 10. The summed E-state index contributed by atoms with van der Waals surface area (Å²) in [6.45, 7) is 1.99. The van der Waals surface area contributed by atoms with Gasteiger partial charge in [0, 0.05) is 19.6 Å². The number of carboxylic acid groups (broad SMARTS) is 1. The van der Waals surface area contributed by atoms with Crippen molar-refractivity contribution in [3.05, 3.63) is 42.2 Å². The van der Waals surface area contributed by atoms with Crippen LogP contribution >= 0.6 is 0 Å². The van der Waals surface area contributed by atoms with E-state index < -0.39 is 34.5 Å². The van der Waals surface area contributed by atoms with Gasteiger partial charge in [-0.3, -0.25) is 14.6 Å². The number of ether oxygens (including phenoxy) is 1. The first-order chi connectivity index (χ1) is 15.8. The number of nitrogens with zero attached hydrogens (tertiary/aromatic N) is 2. The Bertz CT molecular complexity index is 1090. The van der Waals surface area contributed by atoms with Gasteiger partial charge in [0.15, 0.2) is 5.96 Å². The van der Waals surface area contributed by atoms with Crippen LogP contribution in [-0.4, -0.2) is 75.3 Å². The van der Waals surface area contributed by atoms with E-state index in [-0.39, 0.29) is 16.5 Å². The molecule has 2 heterocycles. The Morgan fingerprint density at radius 3 is 2.76 bits per heavy atom. The van der Waals surface area contributed by atoms with Crippen molar-refractivity contribution in [2.45, 2.75) is 17.4 Å². The lowest BCUT2D eigenvalue weighted by Crippen LogP contribution is -2.48. The van der Waals surface area contributed by atoms with Crippen LogP contribution in [0.2, 0.25) is 0 Å². The lowest BCUT2D eigenvalue weighted by Gasteiger charge is -2.15. The van der Waals surface area contributed by atoms with E-state index in [4.69, 9.17) is 9.26 Å².